The number of amides is 2. The first-order valence-electron chi connectivity index (χ1n) is 10.2. The molecule has 1 aliphatic heterocycles. The third kappa shape index (κ3) is 3.70. The van der Waals surface area contributed by atoms with Crippen LogP contribution in [-0.4, -0.2) is 22.8 Å². The minimum Gasteiger partial charge on any atom is -0.457 e. The fourth-order valence-corrected chi connectivity index (χ4v) is 4.22. The molecule has 0 fully saturated rings. The Morgan fingerprint density at radius 1 is 0.939 bits per heavy atom. The summed E-state index contributed by atoms with van der Waals surface area (Å²) in [7, 11) is 0. The lowest BCUT2D eigenvalue weighted by Gasteiger charge is -2.15. The molecule has 1 aliphatic rings. The number of halogens is 1. The third-order valence-corrected chi connectivity index (χ3v) is 6.06. The maximum atomic E-state index is 13.4. The number of aromatic nitrogens is 1. The summed E-state index contributed by atoms with van der Waals surface area (Å²) in [6.45, 7) is 1.83. The minimum atomic E-state index is -0.542. The lowest BCUT2D eigenvalue weighted by atomic mass is 10.0. The van der Waals surface area contributed by atoms with Gasteiger partial charge in [0.15, 0.2) is 0 Å². The molecule has 3 aromatic carbocycles. The molecule has 0 aliphatic carbocycles. The van der Waals surface area contributed by atoms with Crippen molar-refractivity contribution in [2.45, 2.75) is 13.5 Å². The van der Waals surface area contributed by atoms with Crippen molar-refractivity contribution < 1.29 is 19.1 Å². The molecule has 4 aromatic rings. The Labute approximate surface area is 197 Å². The predicted molar refractivity (Wildman–Crippen MR) is 127 cm³/mol. The zero-order chi connectivity index (χ0) is 23.1. The van der Waals surface area contributed by atoms with Crippen molar-refractivity contribution >= 4 is 50.3 Å². The normalized spacial score (nSPS) is 12.8. The van der Waals surface area contributed by atoms with Crippen LogP contribution in [0.15, 0.2) is 77.3 Å². The van der Waals surface area contributed by atoms with Gasteiger partial charge < -0.3 is 4.74 Å². The Hall–Kier alpha value is -3.84. The SMILES string of the molecule is Cc1nc2ccccc2c2c1C(=O)N(c1cccc(C(=O)OCc3ccc(Br)cc3)c1)C2=O. The zero-order valence-electron chi connectivity index (χ0n) is 17.5. The predicted octanol–water partition coefficient (Wildman–Crippen LogP) is 5.46. The number of benzene rings is 3. The highest BCUT2D eigenvalue weighted by atomic mass is 79.9. The number of ether oxygens (including phenoxy) is 1. The van der Waals surface area contributed by atoms with E-state index < -0.39 is 17.8 Å². The Morgan fingerprint density at radius 2 is 1.67 bits per heavy atom. The van der Waals surface area contributed by atoms with Gasteiger partial charge in [-0.15, -0.1) is 0 Å². The smallest absolute Gasteiger partial charge is 0.338 e. The second-order valence-electron chi connectivity index (χ2n) is 7.66. The van der Waals surface area contributed by atoms with Gasteiger partial charge in [-0.1, -0.05) is 52.3 Å². The van der Waals surface area contributed by atoms with Crippen molar-refractivity contribution in [3.63, 3.8) is 0 Å². The number of aryl methyl sites for hydroxylation is 1. The number of hydrogen-bond acceptors (Lipinski definition) is 5. The van der Waals surface area contributed by atoms with Crippen molar-refractivity contribution in [3.8, 4) is 0 Å². The Kier molecular flexibility index (Phi) is 5.26. The van der Waals surface area contributed by atoms with E-state index >= 15 is 0 Å². The molecule has 0 spiro atoms. The van der Waals surface area contributed by atoms with Crippen LogP contribution in [-0.2, 0) is 11.3 Å². The summed E-state index contributed by atoms with van der Waals surface area (Å²) >= 11 is 3.37. The molecule has 0 saturated carbocycles. The lowest BCUT2D eigenvalue weighted by Crippen LogP contribution is -2.29. The summed E-state index contributed by atoms with van der Waals surface area (Å²) in [5.41, 5.74) is 3.19. The van der Waals surface area contributed by atoms with Crippen LogP contribution in [0.25, 0.3) is 10.9 Å². The van der Waals surface area contributed by atoms with Crippen molar-refractivity contribution in [3.05, 3.63) is 105 Å². The summed E-state index contributed by atoms with van der Waals surface area (Å²) in [4.78, 5) is 44.8. The topological polar surface area (TPSA) is 76.6 Å². The number of imide groups is 1. The van der Waals surface area contributed by atoms with Crippen molar-refractivity contribution in [1.29, 1.82) is 0 Å². The van der Waals surface area contributed by atoms with Crippen molar-refractivity contribution in [2.24, 2.45) is 0 Å². The van der Waals surface area contributed by atoms with Crippen molar-refractivity contribution in [1.82, 2.24) is 4.98 Å². The number of hydrogen-bond donors (Lipinski definition) is 0. The molecule has 2 heterocycles. The van der Waals surface area contributed by atoms with Gasteiger partial charge in [-0.05, 0) is 48.9 Å². The second kappa shape index (κ2) is 8.26. The second-order valence-corrected chi connectivity index (χ2v) is 8.58. The number of esters is 1. The standard InChI is InChI=1S/C26H17BrN2O4/c1-15-22-23(20-7-2-3-8-21(20)28-15)25(31)29(24(22)30)19-6-4-5-17(13-19)26(32)33-14-16-9-11-18(27)12-10-16/h2-13H,14H2,1H3. The van der Waals surface area contributed by atoms with E-state index in [0.717, 1.165) is 14.9 Å². The lowest BCUT2D eigenvalue weighted by molar-refractivity contribution is 0.0472. The molecule has 5 rings (SSSR count). The van der Waals surface area contributed by atoms with Crippen LogP contribution < -0.4 is 4.90 Å². The summed E-state index contributed by atoms with van der Waals surface area (Å²) < 4.78 is 6.35. The first-order chi connectivity index (χ1) is 15.9. The molecular formula is C26H17BrN2O4. The van der Waals surface area contributed by atoms with Crippen molar-refractivity contribution in [2.75, 3.05) is 4.90 Å². The number of carbonyl (C=O) groups excluding carboxylic acids is 3. The number of anilines is 1. The fraction of sp³-hybridized carbons (Fsp3) is 0.0769. The molecule has 1 aromatic heterocycles. The maximum absolute atomic E-state index is 13.4. The van der Waals surface area contributed by atoms with Crippen LogP contribution in [0, 0.1) is 6.92 Å². The maximum Gasteiger partial charge on any atom is 0.338 e. The van der Waals surface area contributed by atoms with Gasteiger partial charge in [0.05, 0.1) is 33.6 Å². The van der Waals surface area contributed by atoms with Crippen LogP contribution >= 0.6 is 15.9 Å². The number of nitrogens with zero attached hydrogens (tertiary/aromatic N) is 2. The molecule has 0 saturated heterocycles. The van der Waals surface area contributed by atoms with E-state index in [1.807, 2.05) is 42.5 Å². The monoisotopic (exact) mass is 500 g/mol. The molecule has 0 bridgehead atoms. The highest BCUT2D eigenvalue weighted by Gasteiger charge is 2.40. The van der Waals surface area contributed by atoms with Crippen LogP contribution in [0.5, 0.6) is 0 Å². The van der Waals surface area contributed by atoms with E-state index in [1.54, 1.807) is 31.2 Å². The highest BCUT2D eigenvalue weighted by Crippen LogP contribution is 2.34. The molecule has 0 radical (unpaired) electrons. The largest absolute Gasteiger partial charge is 0.457 e. The Morgan fingerprint density at radius 3 is 2.45 bits per heavy atom. The summed E-state index contributed by atoms with van der Waals surface area (Å²) in [5.74, 6) is -1.43. The molecule has 0 N–H and O–H groups in total. The number of carbonyl (C=O) groups is 3. The average molecular weight is 501 g/mol. The van der Waals surface area contributed by atoms with E-state index in [1.165, 1.54) is 6.07 Å². The van der Waals surface area contributed by atoms with Gasteiger partial charge >= 0.3 is 5.97 Å². The van der Waals surface area contributed by atoms with E-state index in [4.69, 9.17) is 4.74 Å². The van der Waals surface area contributed by atoms with Crippen LogP contribution in [0.3, 0.4) is 0 Å². The number of para-hydroxylation sites is 1. The summed E-state index contributed by atoms with van der Waals surface area (Å²) in [5, 5.41) is 0.629. The molecule has 6 nitrogen and oxygen atoms in total. The molecule has 162 valence electrons. The first-order valence-corrected chi connectivity index (χ1v) is 11.0. The molecule has 2 amide bonds. The minimum absolute atomic E-state index is 0.111. The first kappa shape index (κ1) is 21.0. The summed E-state index contributed by atoms with van der Waals surface area (Å²) in [6.07, 6.45) is 0. The van der Waals surface area contributed by atoms with Gasteiger partial charge in [0.2, 0.25) is 0 Å². The van der Waals surface area contributed by atoms with Crippen LogP contribution in [0.1, 0.15) is 42.3 Å². The van der Waals surface area contributed by atoms with E-state index in [-0.39, 0.29) is 12.2 Å². The number of fused-ring (bicyclic) bond motifs is 3. The van der Waals surface area contributed by atoms with Gasteiger partial charge in [-0.2, -0.15) is 0 Å². The Bertz CT molecular complexity index is 1450. The van der Waals surface area contributed by atoms with E-state index in [9.17, 15) is 14.4 Å². The molecule has 33 heavy (non-hydrogen) atoms. The quantitative estimate of drug-likeness (QED) is 0.274. The highest BCUT2D eigenvalue weighted by molar-refractivity contribution is 9.10. The van der Waals surface area contributed by atoms with E-state index in [0.29, 0.717) is 33.4 Å². The molecule has 0 unspecified atom stereocenters. The fourth-order valence-electron chi connectivity index (χ4n) is 3.95. The van der Waals surface area contributed by atoms with Gasteiger partial charge in [0.1, 0.15) is 6.61 Å². The van der Waals surface area contributed by atoms with Gasteiger partial charge in [0.25, 0.3) is 11.8 Å². The van der Waals surface area contributed by atoms with Gasteiger partial charge in [-0.3, -0.25) is 14.6 Å². The van der Waals surface area contributed by atoms with E-state index in [2.05, 4.69) is 20.9 Å². The summed E-state index contributed by atoms with van der Waals surface area (Å²) in [6, 6.07) is 21.0. The molecule has 0 atom stereocenters. The number of pyridine rings is 1. The zero-order valence-corrected chi connectivity index (χ0v) is 19.1. The number of rotatable bonds is 4. The average Bonchev–Trinajstić information content (AvgIpc) is 3.09. The Balaban J connectivity index is 1.45. The molecule has 7 heteroatoms. The third-order valence-electron chi connectivity index (χ3n) is 5.53. The van der Waals surface area contributed by atoms with Gasteiger partial charge in [-0.25, -0.2) is 9.69 Å². The van der Waals surface area contributed by atoms with Gasteiger partial charge in [0, 0.05) is 9.86 Å². The van der Waals surface area contributed by atoms with Crippen LogP contribution in [0.2, 0.25) is 0 Å². The molecular weight excluding hydrogens is 484 g/mol. The van der Waals surface area contributed by atoms with Crippen LogP contribution in [0.4, 0.5) is 5.69 Å².